The van der Waals surface area contributed by atoms with Crippen LogP contribution in [-0.4, -0.2) is 13.2 Å². The summed E-state index contributed by atoms with van der Waals surface area (Å²) in [6.45, 7) is 12.6. The Morgan fingerprint density at radius 2 is 0.963 bits per heavy atom. The summed E-state index contributed by atoms with van der Waals surface area (Å²) >= 11 is 0. The van der Waals surface area contributed by atoms with Crippen LogP contribution in [0.25, 0.3) is 0 Å². The molecule has 0 aliphatic rings. The number of hydrogen-bond donors (Lipinski definition) is 0. The van der Waals surface area contributed by atoms with E-state index in [4.69, 9.17) is 0 Å². The Morgan fingerprint density at radius 3 is 1.15 bits per heavy atom. The maximum absolute atomic E-state index is 10.1. The van der Waals surface area contributed by atoms with Crippen molar-refractivity contribution in [3.8, 4) is 0 Å². The van der Waals surface area contributed by atoms with Crippen LogP contribution in [0.1, 0.15) is 80.1 Å². The first kappa shape index (κ1) is 32.4. The molecule has 0 unspecified atom stereocenters. The van der Waals surface area contributed by atoms with Crippen LogP contribution in [0.15, 0.2) is 0 Å². The largest absolute Gasteiger partial charge is 4.00 e. The van der Waals surface area contributed by atoms with Gasteiger partial charge in [-0.25, -0.2) is 0 Å². The minimum absolute atomic E-state index is 0. The van der Waals surface area contributed by atoms with E-state index in [1.807, 2.05) is 0 Å². The first-order valence-corrected chi connectivity index (χ1v) is 11.8. The Labute approximate surface area is 175 Å². The summed E-state index contributed by atoms with van der Waals surface area (Å²) in [6.07, 6.45) is 5.00. The summed E-state index contributed by atoms with van der Waals surface area (Å²) in [5, 5.41) is 0. The molecule has 27 heavy (non-hydrogen) atoms. The molecule has 8 nitrogen and oxygen atoms in total. The minimum Gasteiger partial charge on any atom is -0.790 e. The monoisotopic (exact) mass is 468 g/mol. The molecule has 0 spiro atoms. The maximum atomic E-state index is 10.1. The van der Waals surface area contributed by atoms with E-state index in [1.54, 1.807) is 0 Å². The molecular weight excluding hydrogens is 434 g/mol. The SMILES string of the molecule is CCC(C)(C)CCCOP(=O)([O-])[O-].CCC(C)(C)CCCOP(=O)([O-])[O-].[Cr+4]. The van der Waals surface area contributed by atoms with E-state index in [-0.39, 0.29) is 41.4 Å². The Balaban J connectivity index is -0.000000411. The zero-order chi connectivity index (χ0) is 21.1. The van der Waals surface area contributed by atoms with E-state index < -0.39 is 15.6 Å². The topological polar surface area (TPSA) is 145 Å². The predicted octanol–water partition coefficient (Wildman–Crippen LogP) is 2.09. The fourth-order valence-corrected chi connectivity index (χ4v) is 2.51. The van der Waals surface area contributed by atoms with Crippen molar-refractivity contribution in [1.82, 2.24) is 0 Å². The van der Waals surface area contributed by atoms with Gasteiger partial charge in [-0.15, -0.1) is 0 Å². The van der Waals surface area contributed by atoms with Crippen LogP contribution < -0.4 is 19.6 Å². The molecule has 0 aliphatic heterocycles. The summed E-state index contributed by atoms with van der Waals surface area (Å²) < 4.78 is 28.4. The van der Waals surface area contributed by atoms with Crippen LogP contribution >= 0.6 is 15.6 Å². The molecule has 0 aromatic rings. The molecule has 0 N–H and O–H groups in total. The number of hydrogen-bond acceptors (Lipinski definition) is 8. The molecule has 0 fully saturated rings. The van der Waals surface area contributed by atoms with Gasteiger partial charge in [-0.2, -0.15) is 0 Å². The van der Waals surface area contributed by atoms with Crippen LogP contribution in [0, 0.1) is 10.8 Å². The molecule has 0 saturated carbocycles. The zero-order valence-electron chi connectivity index (χ0n) is 17.2. The van der Waals surface area contributed by atoms with Gasteiger partial charge in [0.05, 0.1) is 28.9 Å². The van der Waals surface area contributed by atoms with Gasteiger partial charge in [-0.1, -0.05) is 54.4 Å². The van der Waals surface area contributed by atoms with Gasteiger partial charge in [-0.3, -0.25) is 0 Å². The Bertz CT molecular complexity index is 417. The zero-order valence-corrected chi connectivity index (χ0v) is 20.3. The summed E-state index contributed by atoms with van der Waals surface area (Å²) in [7, 11) is -9.51. The molecule has 0 aromatic carbocycles. The van der Waals surface area contributed by atoms with Gasteiger partial charge in [0, 0.05) is 0 Å². The average molecular weight is 468 g/mol. The summed E-state index contributed by atoms with van der Waals surface area (Å²) in [4.78, 5) is 40.3. The van der Waals surface area contributed by atoms with Crippen LogP contribution in [0.3, 0.4) is 0 Å². The van der Waals surface area contributed by atoms with Crippen LogP contribution in [-0.2, 0) is 35.5 Å². The normalized spacial score (nSPS) is 12.8. The molecule has 0 aliphatic carbocycles. The van der Waals surface area contributed by atoms with E-state index in [9.17, 15) is 28.7 Å². The molecule has 0 rings (SSSR count). The van der Waals surface area contributed by atoms with Gasteiger partial charge >= 0.3 is 17.4 Å². The average Bonchev–Trinajstić information content (AvgIpc) is 2.47. The fraction of sp³-hybridized carbons (Fsp3) is 1.00. The third-order valence-corrected chi connectivity index (χ3v) is 5.41. The van der Waals surface area contributed by atoms with Crippen molar-refractivity contribution in [2.24, 2.45) is 10.8 Å². The second-order valence-corrected chi connectivity index (χ2v) is 10.1. The Hall–Kier alpha value is 0.752. The molecular formula is C16H34CrO8P2. The fourth-order valence-electron chi connectivity index (χ4n) is 1.81. The van der Waals surface area contributed by atoms with E-state index in [2.05, 4.69) is 50.6 Å². The molecule has 0 saturated heterocycles. The molecule has 11 heteroatoms. The molecule has 162 valence electrons. The summed E-state index contributed by atoms with van der Waals surface area (Å²) in [6, 6.07) is 0. The van der Waals surface area contributed by atoms with Crippen LogP contribution in [0.4, 0.5) is 0 Å². The molecule has 0 heterocycles. The Morgan fingerprint density at radius 1 is 0.704 bits per heavy atom. The van der Waals surface area contributed by atoms with Gasteiger partial charge < -0.3 is 37.8 Å². The van der Waals surface area contributed by atoms with Crippen molar-refractivity contribution in [3.63, 3.8) is 0 Å². The van der Waals surface area contributed by atoms with E-state index in [1.165, 1.54) is 0 Å². The summed E-state index contributed by atoms with van der Waals surface area (Å²) in [5.41, 5.74) is 0.387. The number of phosphoric acid groups is 2. The van der Waals surface area contributed by atoms with Gasteiger partial charge in [-0.05, 0) is 36.5 Å². The smallest absolute Gasteiger partial charge is 0.790 e. The molecule has 0 atom stereocenters. The molecule has 0 bridgehead atoms. The Kier molecular flexibility index (Phi) is 17.6. The summed E-state index contributed by atoms with van der Waals surface area (Å²) in [5.74, 6) is 0. The quantitative estimate of drug-likeness (QED) is 0.313. The van der Waals surface area contributed by atoms with E-state index in [0.717, 1.165) is 25.7 Å². The van der Waals surface area contributed by atoms with Crippen LogP contribution in [0.5, 0.6) is 0 Å². The number of phosphoric ester groups is 2. The third kappa shape index (κ3) is 26.8. The van der Waals surface area contributed by atoms with Gasteiger partial charge in [0.15, 0.2) is 0 Å². The van der Waals surface area contributed by atoms with Gasteiger partial charge in [0.25, 0.3) is 0 Å². The minimum atomic E-state index is -4.76. The second kappa shape index (κ2) is 14.7. The van der Waals surface area contributed by atoms with Gasteiger partial charge in [0.1, 0.15) is 0 Å². The van der Waals surface area contributed by atoms with Crippen molar-refractivity contribution in [1.29, 1.82) is 0 Å². The van der Waals surface area contributed by atoms with E-state index in [0.29, 0.717) is 12.8 Å². The molecule has 0 aromatic heterocycles. The van der Waals surface area contributed by atoms with Crippen molar-refractivity contribution < 1.29 is 55.1 Å². The first-order valence-electron chi connectivity index (χ1n) is 8.87. The van der Waals surface area contributed by atoms with Gasteiger partial charge in [0.2, 0.25) is 0 Å². The standard InChI is InChI=1S/2C8H19O4P.Cr/c2*1-4-8(2,3)6-5-7-12-13(9,10)11;/h2*4-7H2,1-3H3,(H2,9,10,11);/q;;+4/p-4. The maximum Gasteiger partial charge on any atom is 4.00 e. The third-order valence-electron chi connectivity index (χ3n) is 4.41. The van der Waals surface area contributed by atoms with Crippen molar-refractivity contribution in [3.05, 3.63) is 0 Å². The molecule has 0 radical (unpaired) electrons. The van der Waals surface area contributed by atoms with E-state index >= 15 is 0 Å². The van der Waals surface area contributed by atoms with Crippen molar-refractivity contribution in [2.45, 2.75) is 80.1 Å². The second-order valence-electron chi connectivity index (χ2n) is 7.80. The van der Waals surface area contributed by atoms with Crippen molar-refractivity contribution >= 4 is 15.6 Å². The molecule has 0 amide bonds. The van der Waals surface area contributed by atoms with Crippen molar-refractivity contribution in [2.75, 3.05) is 13.2 Å². The predicted molar refractivity (Wildman–Crippen MR) is 93.7 cm³/mol. The first-order chi connectivity index (χ1) is 11.5. The number of rotatable bonds is 12. The van der Waals surface area contributed by atoms with Crippen LogP contribution in [0.2, 0.25) is 0 Å².